The summed E-state index contributed by atoms with van der Waals surface area (Å²) in [6, 6.07) is 10.0. The number of aryl methyl sites for hydroxylation is 2. The molecule has 4 nitrogen and oxygen atoms in total. The van der Waals surface area contributed by atoms with Gasteiger partial charge in [0, 0.05) is 6.20 Å². The maximum atomic E-state index is 5.61. The van der Waals surface area contributed by atoms with E-state index in [0.717, 1.165) is 17.1 Å². The largest absolute Gasteiger partial charge is 0.271 e. The van der Waals surface area contributed by atoms with Gasteiger partial charge < -0.3 is 0 Å². The van der Waals surface area contributed by atoms with Gasteiger partial charge in [0.15, 0.2) is 0 Å². The predicted octanol–water partition coefficient (Wildman–Crippen LogP) is 1.65. The maximum Gasteiger partial charge on any atom is 0.125 e. The standard InChI is InChI=1S/C13H16N4/c1-9-3-5-11(6-4-9)13(17-14)12-7-8-15-10(2)16-12/h3-8,13,17H,14H2,1-2H3. The van der Waals surface area contributed by atoms with E-state index in [2.05, 4.69) is 46.6 Å². The Labute approximate surface area is 101 Å². The molecule has 0 aliphatic rings. The van der Waals surface area contributed by atoms with Crippen LogP contribution in [0.4, 0.5) is 0 Å². The third-order valence-corrected chi connectivity index (χ3v) is 2.67. The van der Waals surface area contributed by atoms with Crippen LogP contribution in [0.3, 0.4) is 0 Å². The van der Waals surface area contributed by atoms with E-state index in [9.17, 15) is 0 Å². The minimum Gasteiger partial charge on any atom is -0.271 e. The van der Waals surface area contributed by atoms with Gasteiger partial charge in [-0.2, -0.15) is 0 Å². The zero-order valence-electron chi connectivity index (χ0n) is 10.0. The van der Waals surface area contributed by atoms with Gasteiger partial charge in [-0.25, -0.2) is 15.4 Å². The van der Waals surface area contributed by atoms with Gasteiger partial charge in [0.05, 0.1) is 11.7 Å². The van der Waals surface area contributed by atoms with Crippen LogP contribution in [-0.2, 0) is 0 Å². The third-order valence-electron chi connectivity index (χ3n) is 2.67. The molecule has 1 heterocycles. The van der Waals surface area contributed by atoms with E-state index in [1.807, 2.05) is 13.0 Å². The number of benzene rings is 1. The van der Waals surface area contributed by atoms with E-state index >= 15 is 0 Å². The quantitative estimate of drug-likeness (QED) is 0.619. The van der Waals surface area contributed by atoms with Crippen LogP contribution in [0.25, 0.3) is 0 Å². The second-order valence-electron chi connectivity index (χ2n) is 4.04. The summed E-state index contributed by atoms with van der Waals surface area (Å²) in [5, 5.41) is 0. The van der Waals surface area contributed by atoms with Crippen LogP contribution in [0.2, 0.25) is 0 Å². The topological polar surface area (TPSA) is 63.8 Å². The monoisotopic (exact) mass is 228 g/mol. The van der Waals surface area contributed by atoms with E-state index in [0.29, 0.717) is 0 Å². The number of nitrogens with two attached hydrogens (primary N) is 1. The van der Waals surface area contributed by atoms with Crippen LogP contribution >= 0.6 is 0 Å². The lowest BCUT2D eigenvalue weighted by Gasteiger charge is -2.16. The first-order valence-corrected chi connectivity index (χ1v) is 5.53. The minimum atomic E-state index is -0.0997. The number of rotatable bonds is 3. The number of aromatic nitrogens is 2. The molecule has 2 rings (SSSR count). The summed E-state index contributed by atoms with van der Waals surface area (Å²) in [6.07, 6.45) is 1.75. The summed E-state index contributed by atoms with van der Waals surface area (Å²) >= 11 is 0. The fourth-order valence-electron chi connectivity index (χ4n) is 1.75. The molecule has 3 N–H and O–H groups in total. The molecule has 4 heteroatoms. The minimum absolute atomic E-state index is 0.0997. The van der Waals surface area contributed by atoms with E-state index in [-0.39, 0.29) is 6.04 Å². The second kappa shape index (κ2) is 5.03. The van der Waals surface area contributed by atoms with Gasteiger partial charge in [0.1, 0.15) is 5.82 Å². The molecule has 2 aromatic rings. The van der Waals surface area contributed by atoms with E-state index < -0.39 is 0 Å². The number of hydrogen-bond acceptors (Lipinski definition) is 4. The zero-order valence-corrected chi connectivity index (χ0v) is 10.0. The fourth-order valence-corrected chi connectivity index (χ4v) is 1.75. The molecule has 1 atom stereocenters. The molecule has 0 radical (unpaired) electrons. The van der Waals surface area contributed by atoms with Crippen LogP contribution in [0.1, 0.15) is 28.7 Å². The van der Waals surface area contributed by atoms with Crippen molar-refractivity contribution in [3.8, 4) is 0 Å². The van der Waals surface area contributed by atoms with E-state index in [1.165, 1.54) is 5.56 Å². The van der Waals surface area contributed by atoms with Crippen molar-refractivity contribution in [2.45, 2.75) is 19.9 Å². The van der Waals surface area contributed by atoms with E-state index in [1.54, 1.807) is 6.20 Å². The average molecular weight is 228 g/mol. The molecular formula is C13H16N4. The first kappa shape index (κ1) is 11.7. The van der Waals surface area contributed by atoms with Crippen LogP contribution in [0, 0.1) is 13.8 Å². The Morgan fingerprint density at radius 2 is 1.82 bits per heavy atom. The number of hydrogen-bond donors (Lipinski definition) is 2. The van der Waals surface area contributed by atoms with Crippen LogP contribution < -0.4 is 11.3 Å². The van der Waals surface area contributed by atoms with Gasteiger partial charge in [-0.1, -0.05) is 29.8 Å². The van der Waals surface area contributed by atoms with E-state index in [4.69, 9.17) is 5.84 Å². The Kier molecular flexibility index (Phi) is 3.46. The van der Waals surface area contributed by atoms with Crippen LogP contribution in [0.5, 0.6) is 0 Å². The molecular weight excluding hydrogens is 212 g/mol. The van der Waals surface area contributed by atoms with Crippen molar-refractivity contribution < 1.29 is 0 Å². The van der Waals surface area contributed by atoms with Gasteiger partial charge in [0.2, 0.25) is 0 Å². The van der Waals surface area contributed by atoms with Crippen molar-refractivity contribution in [3.63, 3.8) is 0 Å². The van der Waals surface area contributed by atoms with Crippen LogP contribution in [0.15, 0.2) is 36.5 Å². The average Bonchev–Trinajstić information content (AvgIpc) is 2.33. The summed E-state index contributed by atoms with van der Waals surface area (Å²) in [7, 11) is 0. The highest BCUT2D eigenvalue weighted by Gasteiger charge is 2.13. The lowest BCUT2D eigenvalue weighted by atomic mass is 10.0. The number of nitrogens with one attached hydrogen (secondary N) is 1. The molecule has 88 valence electrons. The van der Waals surface area contributed by atoms with Gasteiger partial charge in [0.25, 0.3) is 0 Å². The molecule has 0 fully saturated rings. The number of nitrogens with zero attached hydrogens (tertiary/aromatic N) is 2. The maximum absolute atomic E-state index is 5.61. The van der Waals surface area contributed by atoms with Crippen LogP contribution in [-0.4, -0.2) is 9.97 Å². The van der Waals surface area contributed by atoms with Crippen molar-refractivity contribution in [1.29, 1.82) is 0 Å². The summed E-state index contributed by atoms with van der Waals surface area (Å²) in [6.45, 7) is 3.93. The smallest absolute Gasteiger partial charge is 0.125 e. The molecule has 17 heavy (non-hydrogen) atoms. The molecule has 1 aromatic heterocycles. The van der Waals surface area contributed by atoms with Gasteiger partial charge in [-0.05, 0) is 25.5 Å². The Morgan fingerprint density at radius 1 is 1.12 bits per heavy atom. The van der Waals surface area contributed by atoms with Gasteiger partial charge in [-0.3, -0.25) is 5.84 Å². The summed E-state index contributed by atoms with van der Waals surface area (Å²) in [4.78, 5) is 8.47. The lowest BCUT2D eigenvalue weighted by molar-refractivity contribution is 0.616. The Bertz CT molecular complexity index is 493. The molecule has 1 aromatic carbocycles. The first-order chi connectivity index (χ1) is 8.20. The molecule has 0 aliphatic carbocycles. The Morgan fingerprint density at radius 3 is 2.41 bits per heavy atom. The SMILES string of the molecule is Cc1ccc(C(NN)c2ccnc(C)n2)cc1. The molecule has 0 aliphatic heterocycles. The van der Waals surface area contributed by atoms with Crippen molar-refractivity contribution in [2.24, 2.45) is 5.84 Å². The van der Waals surface area contributed by atoms with Gasteiger partial charge >= 0.3 is 0 Å². The van der Waals surface area contributed by atoms with Crippen molar-refractivity contribution in [2.75, 3.05) is 0 Å². The zero-order chi connectivity index (χ0) is 12.3. The highest BCUT2D eigenvalue weighted by molar-refractivity contribution is 5.29. The molecule has 0 spiro atoms. The summed E-state index contributed by atoms with van der Waals surface area (Å²) in [5.74, 6) is 6.36. The lowest BCUT2D eigenvalue weighted by Crippen LogP contribution is -2.29. The Hall–Kier alpha value is -1.78. The molecule has 0 amide bonds. The van der Waals surface area contributed by atoms with Crippen molar-refractivity contribution in [3.05, 3.63) is 59.2 Å². The molecule has 1 unspecified atom stereocenters. The fraction of sp³-hybridized carbons (Fsp3) is 0.231. The van der Waals surface area contributed by atoms with Crippen molar-refractivity contribution in [1.82, 2.24) is 15.4 Å². The normalized spacial score (nSPS) is 12.4. The number of hydrazine groups is 1. The Balaban J connectivity index is 2.36. The highest BCUT2D eigenvalue weighted by Crippen LogP contribution is 2.19. The molecule has 0 bridgehead atoms. The molecule has 0 saturated carbocycles. The predicted molar refractivity (Wildman–Crippen MR) is 67.1 cm³/mol. The van der Waals surface area contributed by atoms with Gasteiger partial charge in [-0.15, -0.1) is 0 Å². The molecule has 0 saturated heterocycles. The second-order valence-corrected chi connectivity index (χ2v) is 4.04. The third kappa shape index (κ3) is 2.67. The first-order valence-electron chi connectivity index (χ1n) is 5.53. The highest BCUT2D eigenvalue weighted by atomic mass is 15.2. The van der Waals surface area contributed by atoms with Crippen molar-refractivity contribution >= 4 is 0 Å². The summed E-state index contributed by atoms with van der Waals surface area (Å²) < 4.78 is 0. The summed E-state index contributed by atoms with van der Waals surface area (Å²) in [5.41, 5.74) is 5.99.